The highest BCUT2D eigenvalue weighted by atomic mass is 35.5. The van der Waals surface area contributed by atoms with Crippen molar-refractivity contribution >= 4 is 34.3 Å². The highest BCUT2D eigenvalue weighted by Gasteiger charge is 2.09. The van der Waals surface area contributed by atoms with E-state index in [1.165, 1.54) is 18.1 Å². The van der Waals surface area contributed by atoms with Gasteiger partial charge in [-0.15, -0.1) is 0 Å². The predicted octanol–water partition coefficient (Wildman–Crippen LogP) is 4.31. The molecule has 0 saturated carbocycles. The number of para-hydroxylation sites is 1. The average Bonchev–Trinajstić information content (AvgIpc) is 2.48. The summed E-state index contributed by atoms with van der Waals surface area (Å²) in [5.41, 5.74) is 1.47. The van der Waals surface area contributed by atoms with Crippen LogP contribution in [0, 0.1) is 11.3 Å². The van der Waals surface area contributed by atoms with E-state index >= 15 is 0 Å². The first kappa shape index (κ1) is 12.9. The Labute approximate surface area is 125 Å². The number of nitrogens with zero attached hydrogens (tertiary/aromatic N) is 3. The third-order valence-electron chi connectivity index (χ3n) is 2.78. The topological polar surface area (TPSA) is 49.6 Å². The van der Waals surface area contributed by atoms with Crippen LogP contribution in [0.1, 0.15) is 5.56 Å². The summed E-state index contributed by atoms with van der Waals surface area (Å²) >= 11 is 7.43. The summed E-state index contributed by atoms with van der Waals surface area (Å²) in [5, 5.41) is 11.5. The maximum absolute atomic E-state index is 9.16. The van der Waals surface area contributed by atoms with Gasteiger partial charge < -0.3 is 0 Å². The van der Waals surface area contributed by atoms with Gasteiger partial charge in [-0.3, -0.25) is 0 Å². The standard InChI is InChI=1S/C15H8ClN3S/c16-11-6-5-10(8-17)14(7-11)20-15-12-3-1-2-4-13(12)18-9-19-15/h1-7,9H. The second kappa shape index (κ2) is 5.49. The van der Waals surface area contributed by atoms with Crippen molar-refractivity contribution in [2.45, 2.75) is 9.92 Å². The molecule has 0 saturated heterocycles. The lowest BCUT2D eigenvalue weighted by Crippen LogP contribution is -1.88. The molecule has 0 N–H and O–H groups in total. The Morgan fingerprint density at radius 2 is 1.95 bits per heavy atom. The number of hydrogen-bond donors (Lipinski definition) is 0. The van der Waals surface area contributed by atoms with Crippen LogP contribution in [0.3, 0.4) is 0 Å². The number of fused-ring (bicyclic) bond motifs is 1. The molecule has 1 heterocycles. The molecule has 0 bridgehead atoms. The molecule has 1 aromatic heterocycles. The Hall–Kier alpha value is -2.09. The average molecular weight is 298 g/mol. The molecule has 0 aliphatic rings. The van der Waals surface area contributed by atoms with Crippen LogP contribution in [0.25, 0.3) is 10.9 Å². The fourth-order valence-corrected chi connectivity index (χ4v) is 3.08. The first-order valence-corrected chi connectivity index (χ1v) is 7.04. The highest BCUT2D eigenvalue weighted by molar-refractivity contribution is 7.99. The smallest absolute Gasteiger partial charge is 0.117 e. The molecular formula is C15H8ClN3S. The summed E-state index contributed by atoms with van der Waals surface area (Å²) in [6.45, 7) is 0. The summed E-state index contributed by atoms with van der Waals surface area (Å²) in [6, 6.07) is 15.2. The molecule has 96 valence electrons. The van der Waals surface area contributed by atoms with Crippen LogP contribution in [-0.2, 0) is 0 Å². The largest absolute Gasteiger partial charge is 0.236 e. The van der Waals surface area contributed by atoms with E-state index in [9.17, 15) is 0 Å². The maximum atomic E-state index is 9.16. The van der Waals surface area contributed by atoms with Gasteiger partial charge in [0.2, 0.25) is 0 Å². The SMILES string of the molecule is N#Cc1ccc(Cl)cc1Sc1ncnc2ccccc12. The minimum absolute atomic E-state index is 0.585. The van der Waals surface area contributed by atoms with Gasteiger partial charge in [-0.2, -0.15) is 5.26 Å². The molecule has 20 heavy (non-hydrogen) atoms. The molecule has 3 rings (SSSR count). The van der Waals surface area contributed by atoms with Crippen LogP contribution in [0.15, 0.2) is 58.7 Å². The van der Waals surface area contributed by atoms with Gasteiger partial charge in [-0.25, -0.2) is 9.97 Å². The Morgan fingerprint density at radius 3 is 2.80 bits per heavy atom. The summed E-state index contributed by atoms with van der Waals surface area (Å²) in [5.74, 6) is 0. The van der Waals surface area contributed by atoms with Gasteiger partial charge in [-0.1, -0.05) is 41.6 Å². The number of nitriles is 1. The van der Waals surface area contributed by atoms with E-state index < -0.39 is 0 Å². The first-order valence-electron chi connectivity index (χ1n) is 5.85. The van der Waals surface area contributed by atoms with Crippen LogP contribution in [0.4, 0.5) is 0 Å². The third kappa shape index (κ3) is 2.46. The van der Waals surface area contributed by atoms with Crippen molar-refractivity contribution in [1.29, 1.82) is 5.26 Å². The molecule has 5 heteroatoms. The van der Waals surface area contributed by atoms with Crippen LogP contribution in [-0.4, -0.2) is 9.97 Å². The number of rotatable bonds is 2. The van der Waals surface area contributed by atoms with Crippen LogP contribution in [0.5, 0.6) is 0 Å². The van der Waals surface area contributed by atoms with Crippen molar-refractivity contribution in [3.05, 3.63) is 59.4 Å². The molecule has 2 aromatic carbocycles. The van der Waals surface area contributed by atoms with E-state index in [1.54, 1.807) is 18.2 Å². The van der Waals surface area contributed by atoms with Gasteiger partial charge >= 0.3 is 0 Å². The molecule has 0 aliphatic heterocycles. The Morgan fingerprint density at radius 1 is 1.10 bits per heavy atom. The minimum Gasteiger partial charge on any atom is -0.236 e. The fourth-order valence-electron chi connectivity index (χ4n) is 1.84. The van der Waals surface area contributed by atoms with E-state index in [0.29, 0.717) is 10.6 Å². The Bertz CT molecular complexity index is 821. The van der Waals surface area contributed by atoms with E-state index in [-0.39, 0.29) is 0 Å². The molecule has 0 spiro atoms. The zero-order valence-electron chi connectivity index (χ0n) is 10.2. The number of benzene rings is 2. The quantitative estimate of drug-likeness (QED) is 0.662. The molecular weight excluding hydrogens is 290 g/mol. The normalized spacial score (nSPS) is 10.4. The zero-order valence-corrected chi connectivity index (χ0v) is 11.8. The van der Waals surface area contributed by atoms with Crippen molar-refractivity contribution < 1.29 is 0 Å². The summed E-state index contributed by atoms with van der Waals surface area (Å²) < 4.78 is 0. The third-order valence-corrected chi connectivity index (χ3v) is 4.09. The van der Waals surface area contributed by atoms with Gasteiger partial charge in [0.25, 0.3) is 0 Å². The summed E-state index contributed by atoms with van der Waals surface area (Å²) in [6.07, 6.45) is 1.53. The predicted molar refractivity (Wildman–Crippen MR) is 79.8 cm³/mol. The molecule has 3 aromatic rings. The molecule has 0 atom stereocenters. The Balaban J connectivity index is 2.10. The number of hydrogen-bond acceptors (Lipinski definition) is 4. The van der Waals surface area contributed by atoms with Crippen molar-refractivity contribution in [2.24, 2.45) is 0 Å². The lowest BCUT2D eigenvalue weighted by Gasteiger charge is -2.06. The van der Waals surface area contributed by atoms with Gasteiger partial charge in [-0.05, 0) is 24.3 Å². The molecule has 0 aliphatic carbocycles. The van der Waals surface area contributed by atoms with Gasteiger partial charge in [0, 0.05) is 15.3 Å². The van der Waals surface area contributed by atoms with Crippen molar-refractivity contribution in [1.82, 2.24) is 9.97 Å². The first-order chi connectivity index (χ1) is 9.78. The van der Waals surface area contributed by atoms with Crippen LogP contribution >= 0.6 is 23.4 Å². The molecule has 3 nitrogen and oxygen atoms in total. The van der Waals surface area contributed by atoms with Gasteiger partial charge in [0.05, 0.1) is 11.1 Å². The Kier molecular flexibility index (Phi) is 3.55. The number of aromatic nitrogens is 2. The second-order valence-electron chi connectivity index (χ2n) is 4.05. The summed E-state index contributed by atoms with van der Waals surface area (Å²) in [4.78, 5) is 9.33. The van der Waals surface area contributed by atoms with Crippen molar-refractivity contribution in [2.75, 3.05) is 0 Å². The lowest BCUT2D eigenvalue weighted by atomic mass is 10.2. The number of halogens is 1. The lowest BCUT2D eigenvalue weighted by molar-refractivity contribution is 1.10. The maximum Gasteiger partial charge on any atom is 0.117 e. The molecule has 0 fully saturated rings. The minimum atomic E-state index is 0.585. The van der Waals surface area contributed by atoms with Crippen LogP contribution < -0.4 is 0 Å². The van der Waals surface area contributed by atoms with Crippen molar-refractivity contribution in [3.63, 3.8) is 0 Å². The van der Waals surface area contributed by atoms with Crippen LogP contribution in [0.2, 0.25) is 5.02 Å². The monoisotopic (exact) mass is 297 g/mol. The van der Waals surface area contributed by atoms with Gasteiger partial charge in [0.1, 0.15) is 17.4 Å². The summed E-state index contributed by atoms with van der Waals surface area (Å²) in [7, 11) is 0. The van der Waals surface area contributed by atoms with E-state index in [0.717, 1.165) is 20.8 Å². The molecule has 0 amide bonds. The van der Waals surface area contributed by atoms with E-state index in [2.05, 4.69) is 16.0 Å². The van der Waals surface area contributed by atoms with Gasteiger partial charge in [0.15, 0.2) is 0 Å². The second-order valence-corrected chi connectivity index (χ2v) is 5.52. The van der Waals surface area contributed by atoms with E-state index in [1.807, 2.05) is 24.3 Å². The fraction of sp³-hybridized carbons (Fsp3) is 0. The van der Waals surface area contributed by atoms with Crippen molar-refractivity contribution in [3.8, 4) is 6.07 Å². The van der Waals surface area contributed by atoms with E-state index in [4.69, 9.17) is 16.9 Å². The molecule has 0 unspecified atom stereocenters. The molecule has 0 radical (unpaired) electrons. The highest BCUT2D eigenvalue weighted by Crippen LogP contribution is 2.34. The zero-order chi connectivity index (χ0) is 13.9.